The molecule has 97 valence electrons. The van der Waals surface area contributed by atoms with Gasteiger partial charge in [0.15, 0.2) is 0 Å². The van der Waals surface area contributed by atoms with Crippen LogP contribution in [0.25, 0.3) is 0 Å². The third-order valence-electron chi connectivity index (χ3n) is 3.27. The van der Waals surface area contributed by atoms with Crippen molar-refractivity contribution in [2.75, 3.05) is 7.11 Å². The van der Waals surface area contributed by atoms with Crippen LogP contribution >= 0.6 is 0 Å². The Morgan fingerprint density at radius 2 is 2.11 bits per heavy atom. The first-order valence-electron chi connectivity index (χ1n) is 6.59. The van der Waals surface area contributed by atoms with Gasteiger partial charge in [-0.2, -0.15) is 0 Å². The monoisotopic (exact) mass is 246 g/mol. The zero-order chi connectivity index (χ0) is 12.6. The molecular weight excluding hydrogens is 226 g/mol. The lowest BCUT2D eigenvalue weighted by Crippen LogP contribution is -2.07. The van der Waals surface area contributed by atoms with E-state index in [1.807, 2.05) is 24.3 Å². The molecule has 18 heavy (non-hydrogen) atoms. The molecule has 0 amide bonds. The Balaban J connectivity index is 1.75. The molecular formula is C15H20NO2. The molecule has 2 rings (SSSR count). The standard InChI is InChI=1S/C15H20NO2/c1-17-15-9-5-8-14(10-15)12-18-16-11-13-6-3-2-4-7-13/h5,8-10,13H,2-4,6-7,12H2,1H3. The summed E-state index contributed by atoms with van der Waals surface area (Å²) in [6.45, 7) is 0.469. The van der Waals surface area contributed by atoms with Crippen LogP contribution in [0.1, 0.15) is 37.7 Å². The minimum absolute atomic E-state index is 0.469. The Labute approximate surface area is 109 Å². The summed E-state index contributed by atoms with van der Waals surface area (Å²) in [6, 6.07) is 7.82. The van der Waals surface area contributed by atoms with E-state index in [4.69, 9.17) is 9.57 Å². The predicted octanol–water partition coefficient (Wildman–Crippen LogP) is 3.65. The molecule has 0 atom stereocenters. The van der Waals surface area contributed by atoms with Crippen molar-refractivity contribution in [3.8, 4) is 5.75 Å². The zero-order valence-electron chi connectivity index (χ0n) is 10.9. The van der Waals surface area contributed by atoms with E-state index in [2.05, 4.69) is 11.4 Å². The maximum atomic E-state index is 5.28. The number of methoxy groups -OCH3 is 1. The summed E-state index contributed by atoms with van der Waals surface area (Å²) >= 11 is 0. The van der Waals surface area contributed by atoms with Gasteiger partial charge in [-0.05, 0) is 30.5 Å². The number of ether oxygens (including phenoxy) is 1. The van der Waals surface area contributed by atoms with Gasteiger partial charge in [0.05, 0.1) is 7.11 Å². The van der Waals surface area contributed by atoms with Crippen LogP contribution in [0.4, 0.5) is 0 Å². The average Bonchev–Trinajstić information content (AvgIpc) is 2.45. The van der Waals surface area contributed by atoms with Crippen molar-refractivity contribution in [1.29, 1.82) is 0 Å². The van der Waals surface area contributed by atoms with Crippen LogP contribution < -0.4 is 4.74 Å². The van der Waals surface area contributed by atoms with E-state index in [1.54, 1.807) is 7.11 Å². The first kappa shape index (κ1) is 12.9. The van der Waals surface area contributed by atoms with E-state index in [0.29, 0.717) is 12.5 Å². The smallest absolute Gasteiger partial charge is 0.142 e. The van der Waals surface area contributed by atoms with Crippen molar-refractivity contribution in [3.05, 3.63) is 29.8 Å². The summed E-state index contributed by atoms with van der Waals surface area (Å²) in [4.78, 5) is 5.28. The molecule has 0 bridgehead atoms. The first-order chi connectivity index (χ1) is 8.88. The molecule has 1 aliphatic carbocycles. The van der Waals surface area contributed by atoms with Gasteiger partial charge in [-0.25, -0.2) is 0 Å². The average molecular weight is 246 g/mol. The molecule has 0 spiro atoms. The summed E-state index contributed by atoms with van der Waals surface area (Å²) in [7, 11) is 1.66. The molecule has 0 unspecified atom stereocenters. The quantitative estimate of drug-likeness (QED) is 0.586. The van der Waals surface area contributed by atoms with Gasteiger partial charge in [0.1, 0.15) is 18.6 Å². The van der Waals surface area contributed by atoms with Crippen molar-refractivity contribution in [1.82, 2.24) is 0 Å². The molecule has 0 N–H and O–H groups in total. The van der Waals surface area contributed by atoms with Crippen LogP contribution in [-0.4, -0.2) is 13.3 Å². The third-order valence-corrected chi connectivity index (χ3v) is 3.27. The van der Waals surface area contributed by atoms with Crippen molar-refractivity contribution in [2.24, 2.45) is 11.1 Å². The van der Waals surface area contributed by atoms with Crippen LogP contribution in [0.3, 0.4) is 0 Å². The van der Waals surface area contributed by atoms with Gasteiger partial charge >= 0.3 is 0 Å². The number of hydrogen-bond acceptors (Lipinski definition) is 3. The lowest BCUT2D eigenvalue weighted by Gasteiger charge is -2.15. The van der Waals surface area contributed by atoms with Crippen molar-refractivity contribution in [3.63, 3.8) is 0 Å². The number of benzene rings is 1. The highest BCUT2D eigenvalue weighted by atomic mass is 16.6. The van der Waals surface area contributed by atoms with Gasteiger partial charge in [-0.15, -0.1) is 0 Å². The molecule has 1 aromatic carbocycles. The van der Waals surface area contributed by atoms with E-state index < -0.39 is 0 Å². The molecule has 0 aliphatic heterocycles. The van der Waals surface area contributed by atoms with Gasteiger partial charge in [0.2, 0.25) is 0 Å². The molecule has 3 heteroatoms. The largest absolute Gasteiger partial charge is 0.497 e. The molecule has 3 nitrogen and oxygen atoms in total. The lowest BCUT2D eigenvalue weighted by atomic mass is 9.90. The Morgan fingerprint density at radius 3 is 2.89 bits per heavy atom. The Morgan fingerprint density at radius 1 is 1.28 bits per heavy atom. The second-order valence-electron chi connectivity index (χ2n) is 4.68. The fourth-order valence-electron chi connectivity index (χ4n) is 2.21. The summed E-state index contributed by atoms with van der Waals surface area (Å²) < 4.78 is 5.15. The maximum Gasteiger partial charge on any atom is 0.142 e. The van der Waals surface area contributed by atoms with Gasteiger partial charge < -0.3 is 9.57 Å². The number of hydrogen-bond donors (Lipinski definition) is 0. The Hall–Kier alpha value is -1.51. The highest BCUT2D eigenvalue weighted by molar-refractivity contribution is 5.59. The van der Waals surface area contributed by atoms with Crippen LogP contribution in [0, 0.1) is 5.92 Å². The normalized spacial score (nSPS) is 16.9. The summed E-state index contributed by atoms with van der Waals surface area (Å²) in [5, 5.41) is 3.95. The minimum Gasteiger partial charge on any atom is -0.497 e. The summed E-state index contributed by atoms with van der Waals surface area (Å²) in [5.74, 6) is 1.33. The van der Waals surface area contributed by atoms with Gasteiger partial charge in [-0.1, -0.05) is 36.6 Å². The molecule has 1 fully saturated rings. The summed E-state index contributed by atoms with van der Waals surface area (Å²) in [6.07, 6.45) is 9.43. The molecule has 1 aliphatic rings. The van der Waals surface area contributed by atoms with E-state index in [9.17, 15) is 0 Å². The predicted molar refractivity (Wildman–Crippen MR) is 71.8 cm³/mol. The minimum atomic E-state index is 0.469. The van der Waals surface area contributed by atoms with E-state index in [-0.39, 0.29) is 0 Å². The highest BCUT2D eigenvalue weighted by Crippen LogP contribution is 2.22. The third kappa shape index (κ3) is 4.06. The molecule has 0 heterocycles. The van der Waals surface area contributed by atoms with Crippen molar-refractivity contribution >= 4 is 6.21 Å². The SMILES string of the molecule is COc1cccc(CO/N=[C]\C2CCCCC2)c1. The fourth-order valence-corrected chi connectivity index (χ4v) is 2.21. The van der Waals surface area contributed by atoms with E-state index in [1.165, 1.54) is 32.1 Å². The van der Waals surface area contributed by atoms with E-state index in [0.717, 1.165) is 11.3 Å². The van der Waals surface area contributed by atoms with Gasteiger partial charge in [-0.3, -0.25) is 0 Å². The Bertz CT molecular complexity index is 384. The highest BCUT2D eigenvalue weighted by Gasteiger charge is 2.11. The maximum absolute atomic E-state index is 5.28. The number of rotatable bonds is 5. The van der Waals surface area contributed by atoms with Crippen LogP contribution in [0.2, 0.25) is 0 Å². The molecule has 1 saturated carbocycles. The summed E-state index contributed by atoms with van der Waals surface area (Å²) in [5.41, 5.74) is 1.06. The van der Waals surface area contributed by atoms with Gasteiger partial charge in [0.25, 0.3) is 0 Å². The Kier molecular flexibility index (Phi) is 5.06. The molecule has 1 aromatic rings. The van der Waals surface area contributed by atoms with E-state index >= 15 is 0 Å². The van der Waals surface area contributed by atoms with Crippen molar-refractivity contribution in [2.45, 2.75) is 38.7 Å². The van der Waals surface area contributed by atoms with Crippen LogP contribution in [-0.2, 0) is 11.4 Å². The second-order valence-corrected chi connectivity index (χ2v) is 4.68. The van der Waals surface area contributed by atoms with Crippen molar-refractivity contribution < 1.29 is 9.57 Å². The van der Waals surface area contributed by atoms with Gasteiger partial charge in [0, 0.05) is 5.92 Å². The lowest BCUT2D eigenvalue weighted by molar-refractivity contribution is 0.130. The second kappa shape index (κ2) is 7.04. The fraction of sp³-hybridized carbons (Fsp3) is 0.533. The molecule has 1 radical (unpaired) electrons. The van der Waals surface area contributed by atoms with Crippen LogP contribution in [0.15, 0.2) is 29.4 Å². The molecule has 0 saturated heterocycles. The first-order valence-corrected chi connectivity index (χ1v) is 6.59. The van der Waals surface area contributed by atoms with Crippen LogP contribution in [0.5, 0.6) is 5.75 Å². The topological polar surface area (TPSA) is 30.8 Å². The molecule has 0 aromatic heterocycles. The zero-order valence-corrected chi connectivity index (χ0v) is 10.9. The number of nitrogens with zero attached hydrogens (tertiary/aromatic N) is 1.